The lowest BCUT2D eigenvalue weighted by molar-refractivity contribution is 0.552. The first-order valence-corrected chi connectivity index (χ1v) is 9.58. The molecule has 0 aliphatic carbocycles. The second kappa shape index (κ2) is 7.83. The number of rotatable bonds is 3. The van der Waals surface area contributed by atoms with Crippen LogP contribution < -0.4 is 10.2 Å². The van der Waals surface area contributed by atoms with Gasteiger partial charge in [-0.15, -0.1) is 11.8 Å². The molecule has 1 fully saturated rings. The van der Waals surface area contributed by atoms with Gasteiger partial charge in [0.2, 0.25) is 5.95 Å². The molecule has 1 N–H and O–H groups in total. The Morgan fingerprint density at radius 2 is 2.12 bits per heavy atom. The van der Waals surface area contributed by atoms with Gasteiger partial charge < -0.3 is 10.2 Å². The van der Waals surface area contributed by atoms with E-state index in [4.69, 9.17) is 0 Å². The van der Waals surface area contributed by atoms with E-state index in [1.54, 1.807) is 6.07 Å². The number of nitrogens with one attached hydrogen (secondary N) is 1. The Bertz CT molecular complexity index is 678. The van der Waals surface area contributed by atoms with Crippen molar-refractivity contribution in [1.29, 1.82) is 0 Å². The predicted molar refractivity (Wildman–Crippen MR) is 100 cm³/mol. The van der Waals surface area contributed by atoms with Crippen LogP contribution >= 0.6 is 11.8 Å². The zero-order valence-corrected chi connectivity index (χ0v) is 14.8. The van der Waals surface area contributed by atoms with Crippen molar-refractivity contribution in [1.82, 2.24) is 10.3 Å². The van der Waals surface area contributed by atoms with Gasteiger partial charge >= 0.3 is 0 Å². The van der Waals surface area contributed by atoms with E-state index in [2.05, 4.69) is 26.8 Å². The molecule has 0 unspecified atom stereocenters. The Hall–Kier alpha value is -1.82. The van der Waals surface area contributed by atoms with E-state index in [-0.39, 0.29) is 0 Å². The quantitative estimate of drug-likeness (QED) is 0.515. The van der Waals surface area contributed by atoms with E-state index in [9.17, 15) is 4.39 Å². The maximum absolute atomic E-state index is 14.6. The highest BCUT2D eigenvalue weighted by Crippen LogP contribution is 2.23. The minimum atomic E-state index is -0.445. The smallest absolute Gasteiger partial charge is 0.224 e. The summed E-state index contributed by atoms with van der Waals surface area (Å²) >= 11 is 1.44. The maximum atomic E-state index is 14.6. The van der Waals surface area contributed by atoms with Crippen LogP contribution in [0.4, 0.5) is 10.2 Å². The third kappa shape index (κ3) is 3.98. The monoisotopic (exact) mass is 346 g/mol. The molecule has 1 saturated heterocycles. The summed E-state index contributed by atoms with van der Waals surface area (Å²) in [5.41, 5.74) is 2.23. The predicted octanol–water partition coefficient (Wildman–Crippen LogP) is 3.71. The number of hydrogen-bond donors (Lipinski definition) is 1. The average Bonchev–Trinajstić information content (AvgIpc) is 2.61. The van der Waals surface area contributed by atoms with Crippen LogP contribution in [0, 0.1) is 5.95 Å². The van der Waals surface area contributed by atoms with Crippen LogP contribution in [0.1, 0.15) is 31.2 Å². The van der Waals surface area contributed by atoms with E-state index in [1.165, 1.54) is 18.2 Å². The van der Waals surface area contributed by atoms with Crippen LogP contribution in [0.25, 0.3) is 0 Å². The average molecular weight is 346 g/mol. The number of hydrogen-bond acceptors (Lipinski definition) is 5. The number of thioether (sulfide) groups is 1. The Kier molecular flexibility index (Phi) is 5.56. The van der Waals surface area contributed by atoms with Gasteiger partial charge in [-0.05, 0) is 43.7 Å². The lowest BCUT2D eigenvalue weighted by Crippen LogP contribution is -2.30. The van der Waals surface area contributed by atoms with E-state index in [0.29, 0.717) is 10.6 Å². The van der Waals surface area contributed by atoms with Crippen molar-refractivity contribution in [2.45, 2.75) is 25.7 Å². The van der Waals surface area contributed by atoms with Gasteiger partial charge in [-0.3, -0.25) is 0 Å². The molecule has 24 heavy (non-hydrogen) atoms. The number of pyridine rings is 1. The minimum absolute atomic E-state index is 0.445. The molecule has 6 heteroatoms. The van der Waals surface area contributed by atoms with Gasteiger partial charge in [-0.2, -0.15) is 4.39 Å². The third-order valence-electron chi connectivity index (χ3n) is 4.26. The molecular formula is C18H23FN4S. The lowest BCUT2D eigenvalue weighted by Gasteiger charge is -2.27. The molecule has 0 atom stereocenters. The van der Waals surface area contributed by atoms with Gasteiger partial charge in [0.15, 0.2) is 0 Å². The third-order valence-corrected chi connectivity index (χ3v) is 4.95. The Labute approximate surface area is 146 Å². The highest BCUT2D eigenvalue weighted by Gasteiger charge is 2.17. The SMILES string of the molecule is C=C1C=C(N=C(SC)c2ccc(N3CCCCC3)nc2F)CCN1. The van der Waals surface area contributed by atoms with Crippen LogP contribution in [0.3, 0.4) is 0 Å². The summed E-state index contributed by atoms with van der Waals surface area (Å²) < 4.78 is 14.6. The van der Waals surface area contributed by atoms with Crippen LogP contribution in [-0.4, -0.2) is 35.9 Å². The largest absolute Gasteiger partial charge is 0.385 e. The maximum Gasteiger partial charge on any atom is 0.224 e. The summed E-state index contributed by atoms with van der Waals surface area (Å²) in [6.07, 6.45) is 8.17. The molecule has 1 aromatic heterocycles. The molecule has 2 aliphatic heterocycles. The number of allylic oxidation sites excluding steroid dienone is 1. The summed E-state index contributed by atoms with van der Waals surface area (Å²) in [6.45, 7) is 6.62. The van der Waals surface area contributed by atoms with Gasteiger partial charge in [-0.1, -0.05) is 6.58 Å². The molecule has 0 aromatic carbocycles. The zero-order chi connectivity index (χ0) is 16.9. The Morgan fingerprint density at radius 1 is 1.33 bits per heavy atom. The minimum Gasteiger partial charge on any atom is -0.385 e. The second-order valence-corrected chi connectivity index (χ2v) is 6.81. The van der Waals surface area contributed by atoms with Crippen molar-refractivity contribution in [2.24, 2.45) is 4.99 Å². The summed E-state index contributed by atoms with van der Waals surface area (Å²) in [6, 6.07) is 3.71. The molecular weight excluding hydrogens is 323 g/mol. The highest BCUT2D eigenvalue weighted by molar-refractivity contribution is 8.13. The van der Waals surface area contributed by atoms with Gasteiger partial charge in [0.25, 0.3) is 0 Å². The Morgan fingerprint density at radius 3 is 2.79 bits per heavy atom. The van der Waals surface area contributed by atoms with Crippen LogP contribution in [-0.2, 0) is 0 Å². The normalized spacial score (nSPS) is 19.1. The molecule has 3 rings (SSSR count). The van der Waals surface area contributed by atoms with Crippen molar-refractivity contribution >= 4 is 22.6 Å². The van der Waals surface area contributed by atoms with Crippen molar-refractivity contribution in [3.63, 3.8) is 0 Å². The van der Waals surface area contributed by atoms with Gasteiger partial charge in [0.1, 0.15) is 10.9 Å². The number of anilines is 1. The molecule has 3 heterocycles. The van der Waals surface area contributed by atoms with Crippen molar-refractivity contribution in [2.75, 3.05) is 30.8 Å². The Balaban J connectivity index is 1.85. The molecule has 4 nitrogen and oxygen atoms in total. The molecule has 0 bridgehead atoms. The fourth-order valence-corrected chi connectivity index (χ4v) is 3.57. The van der Waals surface area contributed by atoms with Gasteiger partial charge in [0, 0.05) is 37.4 Å². The summed E-state index contributed by atoms with van der Waals surface area (Å²) in [4.78, 5) is 11.0. The van der Waals surface area contributed by atoms with Crippen LogP contribution in [0.15, 0.2) is 41.2 Å². The first kappa shape index (κ1) is 17.0. The molecule has 128 valence electrons. The van der Waals surface area contributed by atoms with E-state index >= 15 is 0 Å². The van der Waals surface area contributed by atoms with E-state index in [1.807, 2.05) is 18.4 Å². The van der Waals surface area contributed by atoms with E-state index in [0.717, 1.165) is 56.1 Å². The molecule has 2 aliphatic rings. The number of halogens is 1. The van der Waals surface area contributed by atoms with Crippen molar-refractivity contribution < 1.29 is 4.39 Å². The number of piperidine rings is 1. The van der Waals surface area contributed by atoms with Gasteiger partial charge in [0.05, 0.1) is 5.56 Å². The molecule has 0 saturated carbocycles. The first-order valence-electron chi connectivity index (χ1n) is 8.35. The number of aliphatic imine (C=N–C) groups is 1. The summed E-state index contributed by atoms with van der Waals surface area (Å²) in [7, 11) is 0. The fraction of sp³-hybridized carbons (Fsp3) is 0.444. The van der Waals surface area contributed by atoms with Gasteiger partial charge in [-0.25, -0.2) is 9.98 Å². The molecule has 1 aromatic rings. The van der Waals surface area contributed by atoms with Crippen LogP contribution in [0.5, 0.6) is 0 Å². The molecule has 0 spiro atoms. The second-order valence-electron chi connectivity index (χ2n) is 6.01. The van der Waals surface area contributed by atoms with Crippen LogP contribution in [0.2, 0.25) is 0 Å². The van der Waals surface area contributed by atoms with Crippen molar-refractivity contribution in [3.8, 4) is 0 Å². The van der Waals surface area contributed by atoms with Crippen molar-refractivity contribution in [3.05, 3.63) is 47.7 Å². The fourth-order valence-electron chi connectivity index (χ4n) is 2.99. The molecule has 0 amide bonds. The number of nitrogens with zero attached hydrogens (tertiary/aromatic N) is 3. The standard InChI is InChI=1S/C18H23FN4S/c1-13-12-14(8-9-20-13)21-18(24-2)15-6-7-16(22-17(15)19)23-10-4-3-5-11-23/h6-7,12,20H,1,3-5,8-11H2,2H3. The summed E-state index contributed by atoms with van der Waals surface area (Å²) in [5.74, 6) is 0.283. The molecule has 0 radical (unpaired) electrons. The highest BCUT2D eigenvalue weighted by atomic mass is 32.2. The number of aromatic nitrogens is 1. The first-order chi connectivity index (χ1) is 11.7. The zero-order valence-electron chi connectivity index (χ0n) is 14.0. The summed E-state index contributed by atoms with van der Waals surface area (Å²) in [5, 5.41) is 3.82. The topological polar surface area (TPSA) is 40.5 Å². The van der Waals surface area contributed by atoms with E-state index < -0.39 is 5.95 Å². The lowest BCUT2D eigenvalue weighted by atomic mass is 10.1.